The SMILES string of the molecule is [C-]#[N+]/C(=C\c1ccc(-c2ccc(/C=C/c3ccc(N(c4ccc(/C=C/c5cc(C)cc(C)c5)cc4)c4ccc(/C=C/c5ccc(-c6ccc(/C=C(\C#N)C(=O)O)s6)s5)cc4)cc3)s2)s1)C(=O)O.[C-]#[N+]/C(=C\c1ccc(-c2ccc(/C=C/c3ccc(N(c4ccc(/C=C/c5ccc(-c6ccc(/C=C(\C#N)C(=O)O)s6)s5)cc4)c4ccc(/C=C(\c5ccccc5)c5ccc(C)c(C)c5)cc4)cc3)s2)s1)C(=O)O. The number of hydrogen-bond donors (Lipinski definition) is 4. The summed E-state index contributed by atoms with van der Waals surface area (Å²) in [4.78, 5) is 71.5. The van der Waals surface area contributed by atoms with Gasteiger partial charge in [0.1, 0.15) is 23.3 Å². The second-order valence-electron chi connectivity index (χ2n) is 32.0. The van der Waals surface area contributed by atoms with Crippen molar-refractivity contribution in [2.24, 2.45) is 0 Å². The zero-order chi connectivity index (χ0) is 97.7. The van der Waals surface area contributed by atoms with Crippen LogP contribution in [0.15, 0.2) is 332 Å². The van der Waals surface area contributed by atoms with Crippen molar-refractivity contribution in [1.29, 1.82) is 10.5 Å². The van der Waals surface area contributed by atoms with Crippen LogP contribution in [0, 0.1) is 63.5 Å². The van der Waals surface area contributed by atoms with E-state index >= 15 is 0 Å². The molecule has 0 aliphatic heterocycles. The molecule has 22 heteroatoms. The molecular weight excluding hydrogens is 1890 g/mol. The van der Waals surface area contributed by atoms with Gasteiger partial charge in [-0.05, 0) is 319 Å². The summed E-state index contributed by atoms with van der Waals surface area (Å²) in [6.07, 6.45) is 28.9. The molecule has 0 bridgehead atoms. The maximum atomic E-state index is 11.3. The molecule has 0 spiro atoms. The first-order valence-corrected chi connectivity index (χ1v) is 50.2. The van der Waals surface area contributed by atoms with Gasteiger partial charge in [0.05, 0.1) is 13.1 Å². The number of benzene rings is 9. The highest BCUT2D eigenvalue weighted by atomic mass is 32.1. The summed E-state index contributed by atoms with van der Waals surface area (Å²) in [5.74, 6) is -4.94. The Morgan fingerprint density at radius 2 is 0.543 bits per heavy atom. The first kappa shape index (κ1) is 96.5. The van der Waals surface area contributed by atoms with E-state index in [4.69, 9.17) is 18.4 Å². The lowest BCUT2D eigenvalue weighted by molar-refractivity contribution is -0.133. The number of carboxylic acid groups (broad SMARTS) is 4. The van der Waals surface area contributed by atoms with Crippen molar-refractivity contribution in [2.75, 3.05) is 9.80 Å². The van der Waals surface area contributed by atoms with Crippen LogP contribution < -0.4 is 9.80 Å². The number of nitrogens with zero attached hydrogens (tertiary/aromatic N) is 6. The monoisotopic (exact) mass is 1970 g/mol. The van der Waals surface area contributed by atoms with Crippen molar-refractivity contribution in [3.05, 3.63) is 466 Å². The molecule has 0 atom stereocenters. The van der Waals surface area contributed by atoms with Crippen molar-refractivity contribution >= 4 is 245 Å². The number of hydrogen-bond acceptors (Lipinski definition) is 16. The Morgan fingerprint density at radius 3 is 0.821 bits per heavy atom. The van der Waals surface area contributed by atoms with Gasteiger partial charge in [-0.25, -0.2) is 19.3 Å². The number of anilines is 6. The molecule has 0 aliphatic carbocycles. The lowest BCUT2D eigenvalue weighted by Gasteiger charge is -2.26. The Kier molecular flexibility index (Phi) is 31.3. The van der Waals surface area contributed by atoms with Gasteiger partial charge in [0.15, 0.2) is 0 Å². The van der Waals surface area contributed by atoms with E-state index in [0.29, 0.717) is 9.75 Å². The third-order valence-corrected chi connectivity index (χ3v) is 31.2. The molecule has 0 unspecified atom stereocenters. The maximum absolute atomic E-state index is 11.3. The van der Waals surface area contributed by atoms with Gasteiger partial charge in [0.2, 0.25) is 0 Å². The number of aryl methyl sites for hydroxylation is 4. The van der Waals surface area contributed by atoms with Gasteiger partial charge in [-0.2, -0.15) is 10.5 Å². The average molecular weight is 1970 g/mol. The highest BCUT2D eigenvalue weighted by molar-refractivity contribution is 7.25. The molecule has 14 nitrogen and oxygen atoms in total. The summed E-state index contributed by atoms with van der Waals surface area (Å²) in [6, 6.07) is 110. The van der Waals surface area contributed by atoms with E-state index in [1.807, 2.05) is 54.6 Å². The molecule has 9 aromatic carbocycles. The van der Waals surface area contributed by atoms with Crippen LogP contribution in [0.4, 0.5) is 34.1 Å². The summed E-state index contributed by atoms with van der Waals surface area (Å²) in [5, 5.41) is 55.3. The van der Waals surface area contributed by atoms with Crippen molar-refractivity contribution in [3.8, 4) is 51.2 Å². The van der Waals surface area contributed by atoms with Crippen LogP contribution in [-0.4, -0.2) is 44.3 Å². The zero-order valence-electron chi connectivity index (χ0n) is 75.5. The predicted molar refractivity (Wildman–Crippen MR) is 590 cm³/mol. The smallest absolute Gasteiger partial charge is 0.346 e. The normalized spacial score (nSPS) is 12.0. The Labute approximate surface area is 843 Å². The molecule has 0 radical (unpaired) electrons. The molecule has 17 aromatic rings. The van der Waals surface area contributed by atoms with E-state index < -0.39 is 23.9 Å². The molecule has 8 aromatic heterocycles. The molecule has 4 N–H and O–H groups in total. The van der Waals surface area contributed by atoms with Crippen LogP contribution in [0.25, 0.3) is 145 Å². The zero-order valence-corrected chi connectivity index (χ0v) is 82.0. The summed E-state index contributed by atoms with van der Waals surface area (Å²) < 4.78 is 0. The highest BCUT2D eigenvalue weighted by Crippen LogP contribution is 2.44. The van der Waals surface area contributed by atoms with Crippen molar-refractivity contribution in [2.45, 2.75) is 27.7 Å². The Hall–Kier alpha value is -16.6. The molecule has 0 fully saturated rings. The molecular formula is C118H82N6O8S8. The minimum atomic E-state index is -1.24. The van der Waals surface area contributed by atoms with Gasteiger partial charge >= 0.3 is 23.9 Å². The van der Waals surface area contributed by atoms with Crippen LogP contribution >= 0.6 is 90.7 Å². The average Bonchev–Trinajstić information content (AvgIpc) is 1.39. The quantitative estimate of drug-likeness (QED) is 0.0138. The molecule has 0 amide bonds. The minimum Gasteiger partial charge on any atom is -0.486 e. The number of thiophene rings is 8. The lowest BCUT2D eigenvalue weighted by Crippen LogP contribution is -2.09. The highest BCUT2D eigenvalue weighted by Gasteiger charge is 2.20. The van der Waals surface area contributed by atoms with E-state index in [9.17, 15) is 44.9 Å². The van der Waals surface area contributed by atoms with Crippen LogP contribution in [0.2, 0.25) is 0 Å². The largest absolute Gasteiger partial charge is 0.486 e. The first-order chi connectivity index (χ1) is 68.0. The molecule has 0 aliphatic rings. The summed E-state index contributed by atoms with van der Waals surface area (Å²) >= 11 is 12.4. The lowest BCUT2D eigenvalue weighted by atomic mass is 9.93. The standard InChI is InChI=1S/C62H43N3O4S4.C56H39N3O4S4/c1-40-9-18-46(35-41(40)2)55(45-7-5-4-6-8-45)36-44-14-23-50(24-15-44)65(48-19-10-42(11-20-48)16-25-51-27-31-57(70-51)59-33-29-53(72-59)37-47(39-63)61(66)67)49-21-12-43(13-22-49)17-26-52-28-32-58(71-52)60-34-30-54(73-60)38-56(64-3)62(68)69;1-36-30-37(2)32-41(31-36)5-4-38-6-14-43(15-7-38)59(44-16-8-39(9-17-44)12-20-46-22-26-51(64-46)53-28-24-48(66-53)33-42(35-57)55(60)61)45-18-10-40(11-19-45)13-21-47-23-27-52(65-47)54-29-25-49(67-54)34-50(58-3)56(62)63/h4-38H,1-2H3,(H,66,67)(H,68,69);4-34H,1-2H3,(H,60,61)(H,62,63)/b25-16+,26-17+,47-37+,55-36+,56-38-;5-4+,20-12+,21-13+,42-33+,50-34-. The number of carboxylic acids is 4. The maximum Gasteiger partial charge on any atom is 0.346 e. The number of rotatable bonds is 31. The molecule has 8 heterocycles. The van der Waals surface area contributed by atoms with E-state index in [1.165, 1.54) is 103 Å². The van der Waals surface area contributed by atoms with E-state index in [1.54, 1.807) is 57.5 Å². The van der Waals surface area contributed by atoms with Gasteiger partial charge in [-0.3, -0.25) is 9.59 Å². The van der Waals surface area contributed by atoms with E-state index in [2.05, 4.69) is 369 Å². The van der Waals surface area contributed by atoms with E-state index in [0.717, 1.165) is 147 Å². The van der Waals surface area contributed by atoms with Gasteiger partial charge < -0.3 is 30.2 Å². The predicted octanol–water partition coefficient (Wildman–Crippen LogP) is 33.8. The molecule has 680 valence electrons. The third kappa shape index (κ3) is 25.0. The topological polar surface area (TPSA) is 212 Å². The molecule has 140 heavy (non-hydrogen) atoms. The van der Waals surface area contributed by atoms with Crippen molar-refractivity contribution in [1.82, 2.24) is 0 Å². The van der Waals surface area contributed by atoms with Gasteiger partial charge in [-0.15, -0.1) is 90.7 Å². The van der Waals surface area contributed by atoms with Crippen LogP contribution in [-0.2, 0) is 19.2 Å². The summed E-state index contributed by atoms with van der Waals surface area (Å²) in [7, 11) is 0. The van der Waals surface area contributed by atoms with Crippen molar-refractivity contribution in [3.63, 3.8) is 0 Å². The van der Waals surface area contributed by atoms with Gasteiger partial charge in [0.25, 0.3) is 11.4 Å². The summed E-state index contributed by atoms with van der Waals surface area (Å²) in [6.45, 7) is 22.8. The number of aliphatic carboxylic acids is 4. The number of nitriles is 2. The van der Waals surface area contributed by atoms with Gasteiger partial charge in [-0.1, -0.05) is 187 Å². The Balaban J connectivity index is 0.000000203. The second kappa shape index (κ2) is 45.4. The first-order valence-electron chi connectivity index (χ1n) is 43.7. The fraction of sp³-hybridized carbons (Fsp3) is 0.0339. The van der Waals surface area contributed by atoms with Crippen molar-refractivity contribution < 1.29 is 39.6 Å². The molecule has 0 saturated carbocycles. The fourth-order valence-corrected chi connectivity index (χ4v) is 22.8. The van der Waals surface area contributed by atoms with Crippen LogP contribution in [0.5, 0.6) is 0 Å². The van der Waals surface area contributed by atoms with Gasteiger partial charge in [0, 0.05) is 112 Å². The fourth-order valence-electron chi connectivity index (χ4n) is 15.0. The minimum absolute atomic E-state index is 0.291. The third-order valence-electron chi connectivity index (χ3n) is 22.1. The Bertz CT molecular complexity index is 7640. The van der Waals surface area contributed by atoms with E-state index in [-0.39, 0.29) is 22.5 Å². The van der Waals surface area contributed by atoms with Crippen LogP contribution in [0.1, 0.15) is 111 Å². The Morgan fingerprint density at radius 1 is 0.271 bits per heavy atom. The second-order valence-corrected chi connectivity index (χ2v) is 40.9. The summed E-state index contributed by atoms with van der Waals surface area (Å²) in [5.41, 5.74) is 20.9. The molecule has 17 rings (SSSR count). The number of carbonyl (C=O) groups is 4. The molecule has 0 saturated heterocycles. The van der Waals surface area contributed by atoms with Crippen LogP contribution in [0.3, 0.4) is 0 Å².